The lowest BCUT2D eigenvalue weighted by molar-refractivity contribution is 0.1000. The van der Waals surface area contributed by atoms with Gasteiger partial charge in [0.1, 0.15) is 5.82 Å². The highest BCUT2D eigenvalue weighted by Gasteiger charge is 2.02. The zero-order chi connectivity index (χ0) is 14.4. The van der Waals surface area contributed by atoms with Crippen LogP contribution in [0.25, 0.3) is 0 Å². The van der Waals surface area contributed by atoms with Crippen molar-refractivity contribution in [3.8, 4) is 0 Å². The summed E-state index contributed by atoms with van der Waals surface area (Å²) in [6, 6.07) is 11.5. The van der Waals surface area contributed by atoms with E-state index in [0.29, 0.717) is 24.5 Å². The molecule has 0 unspecified atom stereocenters. The second kappa shape index (κ2) is 6.68. The number of pyridine rings is 1. The highest BCUT2D eigenvalue weighted by molar-refractivity contribution is 5.93. The summed E-state index contributed by atoms with van der Waals surface area (Å²) in [6.07, 6.45) is 2.45. The van der Waals surface area contributed by atoms with E-state index in [1.807, 2.05) is 0 Å². The Morgan fingerprint density at radius 3 is 2.50 bits per heavy atom. The molecule has 1 amide bonds. The molecule has 0 spiro atoms. The van der Waals surface area contributed by atoms with Crippen LogP contribution in [0.15, 0.2) is 42.6 Å². The lowest BCUT2D eigenvalue weighted by Crippen LogP contribution is -2.12. The predicted octanol–water partition coefficient (Wildman–Crippen LogP) is 1.29. The third-order valence-corrected chi connectivity index (χ3v) is 2.97. The minimum absolute atomic E-state index is 0.445. The van der Waals surface area contributed by atoms with Gasteiger partial charge in [-0.25, -0.2) is 4.98 Å². The molecule has 0 aliphatic heterocycles. The number of nitrogens with zero attached hydrogens (tertiary/aromatic N) is 1. The summed E-state index contributed by atoms with van der Waals surface area (Å²) in [6.45, 7) is 1.29. The summed E-state index contributed by atoms with van der Waals surface area (Å²) >= 11 is 0. The van der Waals surface area contributed by atoms with Crippen LogP contribution in [0.1, 0.15) is 21.5 Å². The van der Waals surface area contributed by atoms with Crippen LogP contribution in [0.4, 0.5) is 5.82 Å². The molecule has 0 radical (unpaired) electrons. The molecule has 0 aliphatic rings. The molecule has 0 bridgehead atoms. The fraction of sp³-hybridized carbons (Fsp3) is 0.200. The summed E-state index contributed by atoms with van der Waals surface area (Å²) in [5, 5.41) is 3.16. The summed E-state index contributed by atoms with van der Waals surface area (Å²) in [7, 11) is 0. The molecular formula is C15H18N4O. The first-order valence-corrected chi connectivity index (χ1v) is 6.46. The van der Waals surface area contributed by atoms with Gasteiger partial charge in [-0.2, -0.15) is 0 Å². The molecule has 0 saturated carbocycles. The van der Waals surface area contributed by atoms with E-state index in [1.165, 1.54) is 5.56 Å². The number of rotatable bonds is 6. The molecule has 2 aromatic rings. The van der Waals surface area contributed by atoms with Crippen LogP contribution in [-0.2, 0) is 13.0 Å². The number of carbonyl (C=O) groups is 1. The maximum absolute atomic E-state index is 11.1. The second-order valence-corrected chi connectivity index (χ2v) is 4.50. The molecule has 1 heterocycles. The number of nitrogens with two attached hydrogens (primary N) is 2. The maximum atomic E-state index is 11.1. The van der Waals surface area contributed by atoms with Crippen molar-refractivity contribution in [1.29, 1.82) is 0 Å². The molecule has 0 atom stereocenters. The Balaban J connectivity index is 1.97. The van der Waals surface area contributed by atoms with Crippen LogP contribution < -0.4 is 16.8 Å². The van der Waals surface area contributed by atoms with Gasteiger partial charge in [0.05, 0.1) is 0 Å². The van der Waals surface area contributed by atoms with Crippen LogP contribution in [0, 0.1) is 0 Å². The van der Waals surface area contributed by atoms with E-state index < -0.39 is 5.91 Å². The Bertz CT molecular complexity index is 581. The first-order valence-electron chi connectivity index (χ1n) is 6.46. The van der Waals surface area contributed by atoms with Gasteiger partial charge in [-0.15, -0.1) is 0 Å². The minimum Gasteiger partial charge on any atom is -0.366 e. The molecule has 5 heteroatoms. The summed E-state index contributed by atoms with van der Waals surface area (Å²) < 4.78 is 0. The molecule has 0 saturated heterocycles. The van der Waals surface area contributed by atoms with Crippen molar-refractivity contribution in [2.24, 2.45) is 11.5 Å². The van der Waals surface area contributed by atoms with Crippen molar-refractivity contribution in [1.82, 2.24) is 4.98 Å². The van der Waals surface area contributed by atoms with Crippen LogP contribution >= 0.6 is 0 Å². The minimum atomic E-state index is -0.457. The molecule has 1 aromatic carbocycles. The number of primary amides is 1. The third kappa shape index (κ3) is 3.80. The van der Waals surface area contributed by atoms with E-state index in [-0.39, 0.29) is 0 Å². The molecule has 20 heavy (non-hydrogen) atoms. The monoisotopic (exact) mass is 270 g/mol. The van der Waals surface area contributed by atoms with Crippen LogP contribution in [0.3, 0.4) is 0 Å². The summed E-state index contributed by atoms with van der Waals surface area (Å²) in [4.78, 5) is 15.2. The Hall–Kier alpha value is -2.40. The molecule has 0 aliphatic carbocycles. The Labute approximate surface area is 118 Å². The van der Waals surface area contributed by atoms with Crippen molar-refractivity contribution >= 4 is 11.7 Å². The van der Waals surface area contributed by atoms with Gasteiger partial charge in [0, 0.05) is 18.3 Å². The van der Waals surface area contributed by atoms with E-state index in [1.54, 1.807) is 18.3 Å². The number of benzene rings is 1. The van der Waals surface area contributed by atoms with Crippen LogP contribution in [0.2, 0.25) is 0 Å². The lowest BCUT2D eigenvalue weighted by Gasteiger charge is -2.07. The standard InChI is InChI=1S/C15H18N4O/c16-7-5-11-1-3-12(4-2-11)10-19-14-9-13(15(17)20)6-8-18-14/h1-4,6,8-9H,5,7,10,16H2,(H2,17,20)(H,18,19). The fourth-order valence-electron chi connectivity index (χ4n) is 1.86. The number of aromatic nitrogens is 1. The maximum Gasteiger partial charge on any atom is 0.248 e. The quantitative estimate of drug-likeness (QED) is 0.737. The highest BCUT2D eigenvalue weighted by Crippen LogP contribution is 2.10. The molecular weight excluding hydrogens is 252 g/mol. The van der Waals surface area contributed by atoms with Gasteiger partial charge in [0.2, 0.25) is 5.91 Å². The number of hydrogen-bond donors (Lipinski definition) is 3. The first kappa shape index (κ1) is 14.0. The highest BCUT2D eigenvalue weighted by atomic mass is 16.1. The SMILES string of the molecule is NCCc1ccc(CNc2cc(C(N)=O)ccn2)cc1. The molecule has 104 valence electrons. The largest absolute Gasteiger partial charge is 0.366 e. The van der Waals surface area contributed by atoms with E-state index >= 15 is 0 Å². The molecule has 1 aromatic heterocycles. The molecule has 5 nitrogen and oxygen atoms in total. The third-order valence-electron chi connectivity index (χ3n) is 2.97. The number of amides is 1. The lowest BCUT2D eigenvalue weighted by atomic mass is 10.1. The average Bonchev–Trinajstić information content (AvgIpc) is 2.47. The van der Waals surface area contributed by atoms with Crippen LogP contribution in [-0.4, -0.2) is 17.4 Å². The van der Waals surface area contributed by atoms with Gasteiger partial charge < -0.3 is 16.8 Å². The number of hydrogen-bond acceptors (Lipinski definition) is 4. The van der Waals surface area contributed by atoms with Crippen molar-refractivity contribution < 1.29 is 4.79 Å². The van der Waals surface area contributed by atoms with Gasteiger partial charge in [0.25, 0.3) is 0 Å². The zero-order valence-corrected chi connectivity index (χ0v) is 11.2. The van der Waals surface area contributed by atoms with E-state index in [9.17, 15) is 4.79 Å². The first-order chi connectivity index (χ1) is 9.69. The summed E-state index contributed by atoms with van der Waals surface area (Å²) in [5.74, 6) is 0.175. The average molecular weight is 270 g/mol. The van der Waals surface area contributed by atoms with E-state index in [2.05, 4.69) is 34.6 Å². The van der Waals surface area contributed by atoms with Gasteiger partial charge in [-0.1, -0.05) is 24.3 Å². The topological polar surface area (TPSA) is 94.0 Å². The Kier molecular flexibility index (Phi) is 4.68. The van der Waals surface area contributed by atoms with Gasteiger partial charge >= 0.3 is 0 Å². The van der Waals surface area contributed by atoms with Gasteiger partial charge in [-0.05, 0) is 36.2 Å². The predicted molar refractivity (Wildman–Crippen MR) is 79.3 cm³/mol. The van der Waals surface area contributed by atoms with Crippen molar-refractivity contribution in [2.45, 2.75) is 13.0 Å². The van der Waals surface area contributed by atoms with Crippen molar-refractivity contribution in [2.75, 3.05) is 11.9 Å². The Morgan fingerprint density at radius 1 is 1.15 bits per heavy atom. The molecule has 0 fully saturated rings. The summed E-state index contributed by atoms with van der Waals surface area (Å²) in [5.41, 5.74) is 13.6. The van der Waals surface area contributed by atoms with E-state index in [4.69, 9.17) is 11.5 Å². The smallest absolute Gasteiger partial charge is 0.248 e. The van der Waals surface area contributed by atoms with Gasteiger partial charge in [-0.3, -0.25) is 4.79 Å². The number of anilines is 1. The Morgan fingerprint density at radius 2 is 1.85 bits per heavy atom. The van der Waals surface area contributed by atoms with Crippen LogP contribution in [0.5, 0.6) is 0 Å². The molecule has 5 N–H and O–H groups in total. The fourth-order valence-corrected chi connectivity index (χ4v) is 1.86. The molecule has 2 rings (SSSR count). The van der Waals surface area contributed by atoms with Gasteiger partial charge in [0.15, 0.2) is 0 Å². The van der Waals surface area contributed by atoms with Crippen molar-refractivity contribution in [3.05, 3.63) is 59.3 Å². The number of nitrogens with one attached hydrogen (secondary N) is 1. The zero-order valence-electron chi connectivity index (χ0n) is 11.2. The van der Waals surface area contributed by atoms with Crippen molar-refractivity contribution in [3.63, 3.8) is 0 Å². The number of carbonyl (C=O) groups excluding carboxylic acids is 1. The second-order valence-electron chi connectivity index (χ2n) is 4.50. The normalized spacial score (nSPS) is 10.2. The van der Waals surface area contributed by atoms with E-state index in [0.717, 1.165) is 12.0 Å².